The van der Waals surface area contributed by atoms with E-state index >= 15 is 0 Å². The third kappa shape index (κ3) is 3.33. The molecule has 3 aromatic carbocycles. The quantitative estimate of drug-likeness (QED) is 0.771. The van der Waals surface area contributed by atoms with Crippen molar-refractivity contribution < 1.29 is 14.3 Å². The van der Waals surface area contributed by atoms with Gasteiger partial charge in [0.1, 0.15) is 11.5 Å². The fourth-order valence-electron chi connectivity index (χ4n) is 2.70. The van der Waals surface area contributed by atoms with Crippen LogP contribution in [0.15, 0.2) is 60.7 Å². The van der Waals surface area contributed by atoms with Gasteiger partial charge in [-0.3, -0.25) is 4.79 Å². The van der Waals surface area contributed by atoms with Crippen LogP contribution in [0.3, 0.4) is 0 Å². The number of methoxy groups -OCH3 is 2. The molecular formula is C20H19NO3. The summed E-state index contributed by atoms with van der Waals surface area (Å²) in [7, 11) is 3.18. The van der Waals surface area contributed by atoms with E-state index in [0.29, 0.717) is 11.5 Å². The summed E-state index contributed by atoms with van der Waals surface area (Å²) >= 11 is 0. The van der Waals surface area contributed by atoms with Gasteiger partial charge in [-0.15, -0.1) is 0 Å². The first-order valence-corrected chi connectivity index (χ1v) is 7.70. The van der Waals surface area contributed by atoms with Gasteiger partial charge in [-0.05, 0) is 17.5 Å². The minimum absolute atomic E-state index is 0.0881. The second-order valence-corrected chi connectivity index (χ2v) is 5.43. The summed E-state index contributed by atoms with van der Waals surface area (Å²) in [6.07, 6.45) is 0.233. The molecule has 0 aliphatic rings. The van der Waals surface area contributed by atoms with Crippen LogP contribution in [0.5, 0.6) is 11.5 Å². The van der Waals surface area contributed by atoms with Crippen LogP contribution >= 0.6 is 0 Å². The van der Waals surface area contributed by atoms with Crippen LogP contribution in [-0.4, -0.2) is 20.1 Å². The van der Waals surface area contributed by atoms with E-state index in [9.17, 15) is 4.79 Å². The number of rotatable bonds is 5. The minimum Gasteiger partial charge on any atom is -0.497 e. The Balaban J connectivity index is 1.80. The summed E-state index contributed by atoms with van der Waals surface area (Å²) in [6, 6.07) is 19.3. The average Bonchev–Trinajstić information content (AvgIpc) is 2.62. The van der Waals surface area contributed by atoms with E-state index in [1.54, 1.807) is 20.3 Å². The highest BCUT2D eigenvalue weighted by atomic mass is 16.5. The summed E-state index contributed by atoms with van der Waals surface area (Å²) in [6.45, 7) is 0. The third-order valence-corrected chi connectivity index (χ3v) is 3.91. The van der Waals surface area contributed by atoms with Gasteiger partial charge in [0.25, 0.3) is 0 Å². The van der Waals surface area contributed by atoms with Crippen molar-refractivity contribution in [2.24, 2.45) is 0 Å². The van der Waals surface area contributed by atoms with Crippen molar-refractivity contribution >= 4 is 22.4 Å². The molecule has 24 heavy (non-hydrogen) atoms. The first-order chi connectivity index (χ1) is 11.7. The summed E-state index contributed by atoms with van der Waals surface area (Å²) in [5.41, 5.74) is 1.63. The summed E-state index contributed by atoms with van der Waals surface area (Å²) in [5, 5.41) is 5.11. The van der Waals surface area contributed by atoms with Gasteiger partial charge < -0.3 is 14.8 Å². The number of amides is 1. The second-order valence-electron chi connectivity index (χ2n) is 5.43. The molecular weight excluding hydrogens is 302 g/mol. The van der Waals surface area contributed by atoms with Crippen LogP contribution in [0.25, 0.3) is 10.8 Å². The van der Waals surface area contributed by atoms with Crippen LogP contribution in [0, 0.1) is 0 Å². The van der Waals surface area contributed by atoms with E-state index in [2.05, 4.69) is 5.32 Å². The fraction of sp³-hybridized carbons (Fsp3) is 0.150. The summed E-state index contributed by atoms with van der Waals surface area (Å²) in [5.74, 6) is 1.25. The van der Waals surface area contributed by atoms with Crippen molar-refractivity contribution in [3.8, 4) is 11.5 Å². The number of carbonyl (C=O) groups excluding carboxylic acids is 1. The van der Waals surface area contributed by atoms with E-state index in [4.69, 9.17) is 9.47 Å². The van der Waals surface area contributed by atoms with Gasteiger partial charge >= 0.3 is 0 Å². The number of carbonyl (C=O) groups is 1. The van der Waals surface area contributed by atoms with E-state index in [1.807, 2.05) is 54.6 Å². The molecule has 0 spiro atoms. The SMILES string of the molecule is COc1ccc(CC(=O)Nc2cccc3ccccc23)c(OC)c1. The van der Waals surface area contributed by atoms with Crippen molar-refractivity contribution in [2.45, 2.75) is 6.42 Å². The molecule has 0 bridgehead atoms. The Morgan fingerprint density at radius 3 is 2.54 bits per heavy atom. The predicted molar refractivity (Wildman–Crippen MR) is 95.8 cm³/mol. The highest BCUT2D eigenvalue weighted by Crippen LogP contribution is 2.26. The Bertz CT molecular complexity index is 868. The van der Waals surface area contributed by atoms with Gasteiger partial charge in [0.15, 0.2) is 0 Å². The van der Waals surface area contributed by atoms with Crippen molar-refractivity contribution in [1.82, 2.24) is 0 Å². The zero-order chi connectivity index (χ0) is 16.9. The first kappa shape index (κ1) is 15.9. The number of hydrogen-bond acceptors (Lipinski definition) is 3. The highest BCUT2D eigenvalue weighted by molar-refractivity contribution is 6.02. The van der Waals surface area contributed by atoms with E-state index < -0.39 is 0 Å². The lowest BCUT2D eigenvalue weighted by atomic mass is 10.1. The molecule has 1 amide bonds. The number of anilines is 1. The molecule has 0 fully saturated rings. The van der Waals surface area contributed by atoms with Crippen LogP contribution in [0.4, 0.5) is 5.69 Å². The number of ether oxygens (including phenoxy) is 2. The third-order valence-electron chi connectivity index (χ3n) is 3.91. The fourth-order valence-corrected chi connectivity index (χ4v) is 2.70. The maximum absolute atomic E-state index is 12.5. The molecule has 4 nitrogen and oxygen atoms in total. The van der Waals surface area contributed by atoms with Gasteiger partial charge in [0.2, 0.25) is 5.91 Å². The zero-order valence-corrected chi connectivity index (χ0v) is 13.7. The Morgan fingerprint density at radius 2 is 1.75 bits per heavy atom. The monoisotopic (exact) mass is 321 g/mol. The minimum atomic E-state index is -0.0881. The van der Waals surface area contributed by atoms with Crippen molar-refractivity contribution in [3.63, 3.8) is 0 Å². The first-order valence-electron chi connectivity index (χ1n) is 7.70. The topological polar surface area (TPSA) is 47.6 Å². The largest absolute Gasteiger partial charge is 0.497 e. The normalized spacial score (nSPS) is 10.4. The maximum atomic E-state index is 12.5. The molecule has 122 valence electrons. The smallest absolute Gasteiger partial charge is 0.228 e. The Kier molecular flexibility index (Phi) is 4.66. The molecule has 4 heteroatoms. The van der Waals surface area contributed by atoms with Crippen molar-refractivity contribution in [3.05, 3.63) is 66.2 Å². The lowest BCUT2D eigenvalue weighted by molar-refractivity contribution is -0.115. The van der Waals surface area contributed by atoms with E-state index in [0.717, 1.165) is 22.0 Å². The molecule has 0 aliphatic carbocycles. The Morgan fingerprint density at radius 1 is 0.958 bits per heavy atom. The van der Waals surface area contributed by atoms with Crippen LogP contribution in [-0.2, 0) is 11.2 Å². The summed E-state index contributed by atoms with van der Waals surface area (Å²) < 4.78 is 10.5. The Labute approximate surface area is 141 Å². The molecule has 0 radical (unpaired) electrons. The van der Waals surface area contributed by atoms with Gasteiger partial charge in [-0.25, -0.2) is 0 Å². The van der Waals surface area contributed by atoms with Crippen molar-refractivity contribution in [2.75, 3.05) is 19.5 Å². The molecule has 0 aliphatic heterocycles. The summed E-state index contributed by atoms with van der Waals surface area (Å²) in [4.78, 5) is 12.5. The average molecular weight is 321 g/mol. The second kappa shape index (κ2) is 7.04. The van der Waals surface area contributed by atoms with Gasteiger partial charge in [0, 0.05) is 22.7 Å². The molecule has 0 atom stereocenters. The van der Waals surface area contributed by atoms with Crippen LogP contribution in [0.1, 0.15) is 5.56 Å². The Hall–Kier alpha value is -3.01. The maximum Gasteiger partial charge on any atom is 0.228 e. The lowest BCUT2D eigenvalue weighted by Gasteiger charge is -2.12. The number of nitrogens with one attached hydrogen (secondary N) is 1. The van der Waals surface area contributed by atoms with Gasteiger partial charge in [-0.1, -0.05) is 42.5 Å². The number of benzene rings is 3. The molecule has 1 N–H and O–H groups in total. The van der Waals surface area contributed by atoms with E-state index in [1.165, 1.54) is 0 Å². The molecule has 3 aromatic rings. The highest BCUT2D eigenvalue weighted by Gasteiger charge is 2.11. The van der Waals surface area contributed by atoms with Crippen LogP contribution in [0.2, 0.25) is 0 Å². The molecule has 0 saturated carbocycles. The van der Waals surface area contributed by atoms with Gasteiger partial charge in [0.05, 0.1) is 20.6 Å². The molecule has 0 aromatic heterocycles. The zero-order valence-electron chi connectivity index (χ0n) is 13.7. The standard InChI is InChI=1S/C20H19NO3/c1-23-16-11-10-15(19(13-16)24-2)12-20(22)21-18-9-5-7-14-6-3-4-8-17(14)18/h3-11,13H,12H2,1-2H3,(H,21,22). The van der Waals surface area contributed by atoms with E-state index in [-0.39, 0.29) is 12.3 Å². The number of fused-ring (bicyclic) bond motifs is 1. The number of hydrogen-bond donors (Lipinski definition) is 1. The lowest BCUT2D eigenvalue weighted by Crippen LogP contribution is -2.15. The van der Waals surface area contributed by atoms with Crippen LogP contribution < -0.4 is 14.8 Å². The predicted octanol–water partition coefficient (Wildman–Crippen LogP) is 4.04. The van der Waals surface area contributed by atoms with Gasteiger partial charge in [-0.2, -0.15) is 0 Å². The molecule has 3 rings (SSSR count). The molecule has 0 heterocycles. The molecule has 0 saturated heterocycles. The van der Waals surface area contributed by atoms with Crippen molar-refractivity contribution in [1.29, 1.82) is 0 Å². The molecule has 0 unspecified atom stereocenters.